The third kappa shape index (κ3) is 5.46. The third-order valence-corrected chi connectivity index (χ3v) is 2.69. The molecule has 1 heterocycles. The molecule has 0 saturated carbocycles. The van der Waals surface area contributed by atoms with E-state index < -0.39 is 0 Å². The molecule has 90 valence electrons. The van der Waals surface area contributed by atoms with Crippen molar-refractivity contribution in [2.24, 2.45) is 0 Å². The van der Waals surface area contributed by atoms with E-state index in [0.717, 1.165) is 42.1 Å². The Labute approximate surface area is 110 Å². The van der Waals surface area contributed by atoms with Gasteiger partial charge in [-0.15, -0.1) is 0 Å². The lowest BCUT2D eigenvalue weighted by atomic mass is 10.4. The number of aryl methyl sites for hydroxylation is 1. The molecule has 0 aromatic carbocycles. The van der Waals surface area contributed by atoms with Crippen LogP contribution in [0.5, 0.6) is 0 Å². The molecule has 1 aromatic heterocycles. The monoisotopic (exact) mass is 304 g/mol. The van der Waals surface area contributed by atoms with Gasteiger partial charge in [0.2, 0.25) is 0 Å². The molecule has 1 rings (SSSR count). The second-order valence-electron chi connectivity index (χ2n) is 3.46. The van der Waals surface area contributed by atoms with Crippen molar-refractivity contribution in [3.63, 3.8) is 0 Å². The molecule has 0 saturated heterocycles. The maximum absolute atomic E-state index is 5.10. The molecule has 0 spiro atoms. The number of nitrogens with zero attached hydrogens (tertiary/aromatic N) is 2. The Morgan fingerprint density at radius 2 is 2.25 bits per heavy atom. The van der Waals surface area contributed by atoms with Crippen molar-refractivity contribution in [2.75, 3.05) is 13.1 Å². The highest BCUT2D eigenvalue weighted by Crippen LogP contribution is 2.06. The molecule has 0 amide bonds. The van der Waals surface area contributed by atoms with E-state index >= 15 is 0 Å². The fourth-order valence-corrected chi connectivity index (χ4v) is 1.74. The van der Waals surface area contributed by atoms with Crippen LogP contribution in [0.4, 0.5) is 0 Å². The SMILES string of the molecule is CCCNC(=S)NCCCn1cc(Br)cn1. The molecule has 16 heavy (non-hydrogen) atoms. The van der Waals surface area contributed by atoms with Crippen molar-refractivity contribution < 1.29 is 0 Å². The molecule has 0 bridgehead atoms. The molecule has 0 atom stereocenters. The summed E-state index contributed by atoms with van der Waals surface area (Å²) < 4.78 is 2.93. The van der Waals surface area contributed by atoms with Crippen LogP contribution in [0, 0.1) is 0 Å². The smallest absolute Gasteiger partial charge is 0.166 e. The van der Waals surface area contributed by atoms with E-state index in [9.17, 15) is 0 Å². The van der Waals surface area contributed by atoms with Gasteiger partial charge in [0.05, 0.1) is 10.7 Å². The first-order valence-electron chi connectivity index (χ1n) is 5.42. The standard InChI is InChI=1S/C10H17BrN4S/c1-2-4-12-10(16)13-5-3-6-15-8-9(11)7-14-15/h7-8H,2-6H2,1H3,(H2,12,13,16). The van der Waals surface area contributed by atoms with E-state index in [4.69, 9.17) is 12.2 Å². The summed E-state index contributed by atoms with van der Waals surface area (Å²) in [6, 6.07) is 0. The van der Waals surface area contributed by atoms with Crippen molar-refractivity contribution >= 4 is 33.3 Å². The van der Waals surface area contributed by atoms with Crippen LogP contribution in [0.2, 0.25) is 0 Å². The number of halogens is 1. The van der Waals surface area contributed by atoms with Crippen molar-refractivity contribution in [3.05, 3.63) is 16.9 Å². The predicted octanol–water partition coefficient (Wildman–Crippen LogP) is 1.91. The molecular formula is C10H17BrN4S. The van der Waals surface area contributed by atoms with Gasteiger partial charge >= 0.3 is 0 Å². The minimum absolute atomic E-state index is 0.739. The molecule has 6 heteroatoms. The summed E-state index contributed by atoms with van der Waals surface area (Å²) in [6.07, 6.45) is 5.85. The molecule has 0 aliphatic heterocycles. The van der Waals surface area contributed by atoms with Crippen LogP contribution in [-0.2, 0) is 6.54 Å². The van der Waals surface area contributed by atoms with Crippen LogP contribution in [-0.4, -0.2) is 28.0 Å². The summed E-state index contributed by atoms with van der Waals surface area (Å²) >= 11 is 8.46. The minimum atomic E-state index is 0.739. The van der Waals surface area contributed by atoms with Gasteiger partial charge in [-0.1, -0.05) is 6.92 Å². The van der Waals surface area contributed by atoms with E-state index in [-0.39, 0.29) is 0 Å². The predicted molar refractivity (Wildman–Crippen MR) is 73.4 cm³/mol. The van der Waals surface area contributed by atoms with Gasteiger partial charge in [0, 0.05) is 25.8 Å². The Hall–Kier alpha value is -0.620. The summed E-state index contributed by atoms with van der Waals surface area (Å²) in [7, 11) is 0. The molecule has 0 radical (unpaired) electrons. The molecule has 0 aliphatic carbocycles. The highest BCUT2D eigenvalue weighted by molar-refractivity contribution is 9.10. The topological polar surface area (TPSA) is 41.9 Å². The van der Waals surface area contributed by atoms with Gasteiger partial charge in [0.25, 0.3) is 0 Å². The number of nitrogens with one attached hydrogen (secondary N) is 2. The Bertz CT molecular complexity index is 326. The first-order valence-corrected chi connectivity index (χ1v) is 6.62. The molecule has 2 N–H and O–H groups in total. The minimum Gasteiger partial charge on any atom is -0.363 e. The van der Waals surface area contributed by atoms with Gasteiger partial charge in [-0.2, -0.15) is 5.10 Å². The Balaban J connectivity index is 2.05. The number of hydrogen-bond donors (Lipinski definition) is 2. The maximum Gasteiger partial charge on any atom is 0.166 e. The second kappa shape index (κ2) is 7.62. The lowest BCUT2D eigenvalue weighted by Crippen LogP contribution is -2.36. The normalized spacial score (nSPS) is 10.1. The summed E-state index contributed by atoms with van der Waals surface area (Å²) in [5.41, 5.74) is 0. The highest BCUT2D eigenvalue weighted by atomic mass is 79.9. The summed E-state index contributed by atoms with van der Waals surface area (Å²) in [6.45, 7) is 4.81. The van der Waals surface area contributed by atoms with Gasteiger partial charge in [0.1, 0.15) is 0 Å². The number of thiocarbonyl (C=S) groups is 1. The maximum atomic E-state index is 5.10. The van der Waals surface area contributed by atoms with Gasteiger partial charge in [0.15, 0.2) is 5.11 Å². The van der Waals surface area contributed by atoms with Crippen LogP contribution < -0.4 is 10.6 Å². The van der Waals surface area contributed by atoms with Crippen molar-refractivity contribution in [1.29, 1.82) is 0 Å². The fourth-order valence-electron chi connectivity index (χ4n) is 1.20. The molecule has 4 nitrogen and oxygen atoms in total. The lowest BCUT2D eigenvalue weighted by Gasteiger charge is -2.09. The number of aromatic nitrogens is 2. The molecule has 0 aliphatic rings. The third-order valence-electron chi connectivity index (χ3n) is 1.99. The fraction of sp³-hybridized carbons (Fsp3) is 0.600. The molecule has 0 fully saturated rings. The second-order valence-corrected chi connectivity index (χ2v) is 4.78. The Morgan fingerprint density at radius 1 is 1.50 bits per heavy atom. The van der Waals surface area contributed by atoms with Crippen LogP contribution in [0.3, 0.4) is 0 Å². The van der Waals surface area contributed by atoms with E-state index in [0.29, 0.717) is 0 Å². The van der Waals surface area contributed by atoms with E-state index in [1.165, 1.54) is 0 Å². The largest absolute Gasteiger partial charge is 0.363 e. The Kier molecular flexibility index (Phi) is 6.40. The lowest BCUT2D eigenvalue weighted by molar-refractivity contribution is 0.571. The van der Waals surface area contributed by atoms with E-state index in [2.05, 4.69) is 38.6 Å². The van der Waals surface area contributed by atoms with Gasteiger partial charge < -0.3 is 10.6 Å². The molecule has 1 aromatic rings. The van der Waals surface area contributed by atoms with Crippen LogP contribution in [0.25, 0.3) is 0 Å². The van der Waals surface area contributed by atoms with Crippen molar-refractivity contribution in [2.45, 2.75) is 26.3 Å². The summed E-state index contributed by atoms with van der Waals surface area (Å²) in [5, 5.41) is 11.2. The average molecular weight is 305 g/mol. The Morgan fingerprint density at radius 3 is 2.88 bits per heavy atom. The first kappa shape index (κ1) is 13.4. The van der Waals surface area contributed by atoms with Gasteiger partial charge in [-0.05, 0) is 41.0 Å². The highest BCUT2D eigenvalue weighted by Gasteiger charge is 1.96. The molecule has 0 unspecified atom stereocenters. The quantitative estimate of drug-likeness (QED) is 0.622. The summed E-state index contributed by atoms with van der Waals surface area (Å²) in [4.78, 5) is 0. The zero-order valence-corrected chi connectivity index (χ0v) is 11.8. The van der Waals surface area contributed by atoms with E-state index in [1.54, 1.807) is 6.20 Å². The number of hydrogen-bond acceptors (Lipinski definition) is 2. The van der Waals surface area contributed by atoms with Crippen LogP contribution >= 0.6 is 28.1 Å². The van der Waals surface area contributed by atoms with Crippen molar-refractivity contribution in [1.82, 2.24) is 20.4 Å². The van der Waals surface area contributed by atoms with Crippen LogP contribution in [0.15, 0.2) is 16.9 Å². The zero-order chi connectivity index (χ0) is 11.8. The van der Waals surface area contributed by atoms with Gasteiger partial charge in [-0.25, -0.2) is 0 Å². The van der Waals surface area contributed by atoms with Gasteiger partial charge in [-0.3, -0.25) is 4.68 Å². The first-order chi connectivity index (χ1) is 7.72. The van der Waals surface area contributed by atoms with E-state index in [1.807, 2.05) is 10.9 Å². The van der Waals surface area contributed by atoms with Crippen molar-refractivity contribution in [3.8, 4) is 0 Å². The average Bonchev–Trinajstić information content (AvgIpc) is 2.67. The van der Waals surface area contributed by atoms with Crippen LogP contribution in [0.1, 0.15) is 19.8 Å². The summed E-state index contributed by atoms with van der Waals surface area (Å²) in [5.74, 6) is 0. The molecular weight excluding hydrogens is 288 g/mol. The zero-order valence-electron chi connectivity index (χ0n) is 9.37. The number of rotatable bonds is 6.